The molecule has 2 aromatic rings. The van der Waals surface area contributed by atoms with Crippen molar-refractivity contribution in [3.63, 3.8) is 0 Å². The first-order valence-electron chi connectivity index (χ1n) is 8.55. The van der Waals surface area contributed by atoms with E-state index in [9.17, 15) is 0 Å². The molecule has 126 valence electrons. The number of rotatable bonds is 4. The lowest BCUT2D eigenvalue weighted by Gasteiger charge is -2.26. The van der Waals surface area contributed by atoms with Crippen LogP contribution in [0, 0.1) is 0 Å². The number of aryl methyl sites for hydroxylation is 1. The summed E-state index contributed by atoms with van der Waals surface area (Å²) >= 11 is 0. The summed E-state index contributed by atoms with van der Waals surface area (Å²) in [4.78, 5) is 4.56. The number of nitrogens with one attached hydrogen (secondary N) is 1. The molecule has 3 rings (SSSR count). The van der Waals surface area contributed by atoms with Crippen molar-refractivity contribution in [2.45, 2.75) is 77.9 Å². The van der Waals surface area contributed by atoms with Gasteiger partial charge in [-0.3, -0.25) is 10.00 Å². The Bertz CT molecular complexity index is 667. The minimum Gasteiger partial charge on any atom is -0.338 e. The summed E-state index contributed by atoms with van der Waals surface area (Å²) < 4.78 is 7.57. The molecule has 0 aliphatic heterocycles. The molecule has 6 nitrogen and oxygen atoms in total. The van der Waals surface area contributed by atoms with Gasteiger partial charge in [0.1, 0.15) is 0 Å². The monoisotopic (exact) mass is 317 g/mol. The third-order valence-corrected chi connectivity index (χ3v) is 4.50. The molecule has 2 atom stereocenters. The zero-order valence-corrected chi connectivity index (χ0v) is 14.8. The minimum absolute atomic E-state index is 0.0273. The van der Waals surface area contributed by atoms with Crippen molar-refractivity contribution in [1.82, 2.24) is 25.2 Å². The van der Waals surface area contributed by atoms with E-state index >= 15 is 0 Å². The molecule has 0 unspecified atom stereocenters. The second-order valence-electron chi connectivity index (χ2n) is 7.40. The largest absolute Gasteiger partial charge is 0.338 e. The lowest BCUT2D eigenvalue weighted by atomic mass is 9.92. The predicted molar refractivity (Wildman–Crippen MR) is 88.1 cm³/mol. The van der Waals surface area contributed by atoms with Crippen LogP contribution in [0.2, 0.25) is 0 Å². The summed E-state index contributed by atoms with van der Waals surface area (Å²) in [5.41, 5.74) is 2.59. The lowest BCUT2D eigenvalue weighted by molar-refractivity contribution is 0.309. The SMILES string of the molecule is CCn1ncc2c1CCC[C@H]2N[C@@H](C)c1nc(C(C)(C)C)no1. The van der Waals surface area contributed by atoms with Gasteiger partial charge in [-0.05, 0) is 33.1 Å². The van der Waals surface area contributed by atoms with Crippen molar-refractivity contribution in [2.75, 3.05) is 0 Å². The highest BCUT2D eigenvalue weighted by molar-refractivity contribution is 5.25. The van der Waals surface area contributed by atoms with Crippen LogP contribution in [0.25, 0.3) is 0 Å². The molecule has 0 spiro atoms. The van der Waals surface area contributed by atoms with Crippen LogP contribution < -0.4 is 5.32 Å². The Morgan fingerprint density at radius 3 is 2.87 bits per heavy atom. The molecule has 0 fully saturated rings. The standard InChI is InChI=1S/C17H27N5O/c1-6-22-14-9-7-8-13(12(14)10-18-22)19-11(2)15-20-16(21-23-15)17(3,4)5/h10-11,13,19H,6-9H2,1-5H3/t11-,13+/m0/s1. The number of nitrogens with zero attached hydrogens (tertiary/aromatic N) is 4. The van der Waals surface area contributed by atoms with E-state index in [-0.39, 0.29) is 11.5 Å². The fraction of sp³-hybridized carbons (Fsp3) is 0.706. The van der Waals surface area contributed by atoms with Gasteiger partial charge in [-0.2, -0.15) is 10.1 Å². The number of hydrogen-bond donors (Lipinski definition) is 1. The first-order chi connectivity index (χ1) is 10.9. The van der Waals surface area contributed by atoms with Crippen molar-refractivity contribution >= 4 is 0 Å². The molecule has 0 amide bonds. The van der Waals surface area contributed by atoms with E-state index in [1.165, 1.54) is 17.7 Å². The van der Waals surface area contributed by atoms with Crippen LogP contribution in [0.15, 0.2) is 10.7 Å². The third-order valence-electron chi connectivity index (χ3n) is 4.50. The molecule has 1 aliphatic rings. The molecular formula is C17H27N5O. The topological polar surface area (TPSA) is 68.8 Å². The smallest absolute Gasteiger partial charge is 0.243 e. The van der Waals surface area contributed by atoms with Crippen molar-refractivity contribution in [1.29, 1.82) is 0 Å². The maximum Gasteiger partial charge on any atom is 0.243 e. The molecule has 0 bridgehead atoms. The predicted octanol–water partition coefficient (Wildman–Crippen LogP) is 3.31. The summed E-state index contributed by atoms with van der Waals surface area (Å²) in [6.07, 6.45) is 5.43. The van der Waals surface area contributed by atoms with E-state index in [4.69, 9.17) is 4.52 Å². The van der Waals surface area contributed by atoms with Crippen LogP contribution in [-0.4, -0.2) is 19.9 Å². The summed E-state index contributed by atoms with van der Waals surface area (Å²) in [5.74, 6) is 1.41. The van der Waals surface area contributed by atoms with E-state index in [1.807, 2.05) is 6.20 Å². The van der Waals surface area contributed by atoms with Gasteiger partial charge in [0.2, 0.25) is 5.89 Å². The Morgan fingerprint density at radius 2 is 2.22 bits per heavy atom. The maximum atomic E-state index is 5.46. The molecule has 0 aromatic carbocycles. The van der Waals surface area contributed by atoms with Crippen LogP contribution in [-0.2, 0) is 18.4 Å². The van der Waals surface area contributed by atoms with Crippen LogP contribution in [0.4, 0.5) is 0 Å². The number of hydrogen-bond acceptors (Lipinski definition) is 5. The maximum absolute atomic E-state index is 5.46. The Hall–Kier alpha value is -1.69. The Labute approximate surface area is 137 Å². The quantitative estimate of drug-likeness (QED) is 0.937. The molecule has 2 heterocycles. The molecular weight excluding hydrogens is 290 g/mol. The van der Waals surface area contributed by atoms with Crippen LogP contribution in [0.3, 0.4) is 0 Å². The van der Waals surface area contributed by atoms with Crippen LogP contribution >= 0.6 is 0 Å². The van der Waals surface area contributed by atoms with Gasteiger partial charge < -0.3 is 4.52 Å². The summed E-state index contributed by atoms with van der Waals surface area (Å²) in [6.45, 7) is 11.4. The van der Waals surface area contributed by atoms with E-state index in [2.05, 4.69) is 59.9 Å². The van der Waals surface area contributed by atoms with Gasteiger partial charge in [-0.25, -0.2) is 0 Å². The molecule has 0 radical (unpaired) electrons. The Balaban J connectivity index is 1.75. The van der Waals surface area contributed by atoms with Crippen molar-refractivity contribution < 1.29 is 4.52 Å². The van der Waals surface area contributed by atoms with Gasteiger partial charge in [-0.15, -0.1) is 0 Å². The molecule has 2 aromatic heterocycles. The molecule has 1 aliphatic carbocycles. The van der Waals surface area contributed by atoms with Crippen LogP contribution in [0.1, 0.15) is 82.5 Å². The van der Waals surface area contributed by atoms with Crippen molar-refractivity contribution in [2.24, 2.45) is 0 Å². The molecule has 0 saturated carbocycles. The zero-order chi connectivity index (χ0) is 16.6. The second-order valence-corrected chi connectivity index (χ2v) is 7.40. The third kappa shape index (κ3) is 3.17. The van der Waals surface area contributed by atoms with Gasteiger partial charge in [0.25, 0.3) is 0 Å². The lowest BCUT2D eigenvalue weighted by Crippen LogP contribution is -2.28. The van der Waals surface area contributed by atoms with E-state index in [0.29, 0.717) is 11.9 Å². The average Bonchev–Trinajstić information content (AvgIpc) is 3.14. The van der Waals surface area contributed by atoms with E-state index in [1.54, 1.807) is 0 Å². The summed E-state index contributed by atoms with van der Waals surface area (Å²) in [5, 5.41) is 12.3. The fourth-order valence-electron chi connectivity index (χ4n) is 3.15. The Kier molecular flexibility index (Phi) is 4.27. The molecule has 0 saturated heterocycles. The van der Waals surface area contributed by atoms with Gasteiger partial charge in [0.05, 0.1) is 12.2 Å². The molecule has 23 heavy (non-hydrogen) atoms. The second kappa shape index (κ2) is 6.07. The van der Waals surface area contributed by atoms with Crippen LogP contribution in [0.5, 0.6) is 0 Å². The molecule has 1 N–H and O–H groups in total. The highest BCUT2D eigenvalue weighted by atomic mass is 16.5. The first kappa shape index (κ1) is 16.2. The van der Waals surface area contributed by atoms with Gasteiger partial charge >= 0.3 is 0 Å². The van der Waals surface area contributed by atoms with E-state index in [0.717, 1.165) is 25.2 Å². The summed E-state index contributed by atoms with van der Waals surface area (Å²) in [7, 11) is 0. The first-order valence-corrected chi connectivity index (χ1v) is 8.55. The van der Waals surface area contributed by atoms with Gasteiger partial charge in [-0.1, -0.05) is 25.9 Å². The number of aromatic nitrogens is 4. The highest BCUT2D eigenvalue weighted by Gasteiger charge is 2.28. The molecule has 6 heteroatoms. The average molecular weight is 317 g/mol. The van der Waals surface area contributed by atoms with Crippen molar-refractivity contribution in [3.05, 3.63) is 29.2 Å². The fourth-order valence-corrected chi connectivity index (χ4v) is 3.15. The van der Waals surface area contributed by atoms with Gasteiger partial charge in [0, 0.05) is 29.3 Å². The zero-order valence-electron chi connectivity index (χ0n) is 14.8. The highest BCUT2D eigenvalue weighted by Crippen LogP contribution is 2.31. The van der Waals surface area contributed by atoms with Gasteiger partial charge in [0.15, 0.2) is 5.82 Å². The summed E-state index contributed by atoms with van der Waals surface area (Å²) in [6, 6.07) is 0.332. The number of fused-ring (bicyclic) bond motifs is 1. The minimum atomic E-state index is -0.0955. The van der Waals surface area contributed by atoms with E-state index < -0.39 is 0 Å². The Morgan fingerprint density at radius 1 is 1.43 bits per heavy atom. The normalized spacial score (nSPS) is 19.6. The van der Waals surface area contributed by atoms with Crippen molar-refractivity contribution in [3.8, 4) is 0 Å².